The second-order valence-electron chi connectivity index (χ2n) is 4.74. The highest BCUT2D eigenvalue weighted by molar-refractivity contribution is 5.94. The summed E-state index contributed by atoms with van der Waals surface area (Å²) in [4.78, 5) is 17.7. The number of hydrogen-bond acceptors (Lipinski definition) is 3. The fraction of sp³-hybridized carbons (Fsp3) is 0.538. The molecule has 1 aliphatic rings. The minimum Gasteiger partial charge on any atom is -0.306 e. The van der Waals surface area contributed by atoms with Crippen LogP contribution in [0.25, 0.3) is 0 Å². The molecule has 0 saturated heterocycles. The number of aromatic nitrogens is 1. The predicted octanol–water partition coefficient (Wildman–Crippen LogP) is 2.14. The topological polar surface area (TPSA) is 33.2 Å². The zero-order chi connectivity index (χ0) is 12.3. The van der Waals surface area contributed by atoms with Crippen LogP contribution in [-0.4, -0.2) is 35.8 Å². The number of carbonyl (C=O) groups is 1. The van der Waals surface area contributed by atoms with E-state index in [1.807, 2.05) is 7.05 Å². The van der Waals surface area contributed by atoms with E-state index in [2.05, 4.69) is 9.88 Å². The number of ketones is 1. The Bertz CT molecular complexity index is 387. The van der Waals surface area contributed by atoms with Gasteiger partial charge in [0.25, 0.3) is 0 Å². The van der Waals surface area contributed by atoms with Gasteiger partial charge in [-0.2, -0.15) is 0 Å². The van der Waals surface area contributed by atoms with Crippen molar-refractivity contribution in [3.8, 4) is 0 Å². The molecule has 3 nitrogen and oxygen atoms in total. The third-order valence-corrected chi connectivity index (χ3v) is 3.00. The molecule has 4 heteroatoms. The molecule has 0 amide bonds. The molecule has 0 unspecified atom stereocenters. The van der Waals surface area contributed by atoms with Crippen molar-refractivity contribution in [2.45, 2.75) is 19.3 Å². The smallest absolute Gasteiger partial charge is 0.182 e. The molecule has 0 aromatic carbocycles. The summed E-state index contributed by atoms with van der Waals surface area (Å²) in [7, 11) is 2.03. The lowest BCUT2D eigenvalue weighted by atomic mass is 10.2. The molecule has 0 bridgehead atoms. The summed E-state index contributed by atoms with van der Waals surface area (Å²) in [5.74, 6) is 0.402. The van der Waals surface area contributed by atoms with Gasteiger partial charge in [0, 0.05) is 19.5 Å². The molecule has 1 aliphatic carbocycles. The maximum Gasteiger partial charge on any atom is 0.182 e. The number of hydrogen-bond donors (Lipinski definition) is 0. The highest BCUT2D eigenvalue weighted by Gasteiger charge is 2.22. The van der Waals surface area contributed by atoms with E-state index in [0.29, 0.717) is 12.1 Å². The van der Waals surface area contributed by atoms with Crippen molar-refractivity contribution >= 4 is 5.78 Å². The van der Waals surface area contributed by atoms with Crippen LogP contribution < -0.4 is 0 Å². The molecule has 1 saturated carbocycles. The third kappa shape index (κ3) is 3.89. The van der Waals surface area contributed by atoms with Gasteiger partial charge >= 0.3 is 0 Å². The molecule has 1 aromatic rings. The van der Waals surface area contributed by atoms with Gasteiger partial charge < -0.3 is 4.90 Å². The minimum absolute atomic E-state index is 0.0207. The molecule has 1 fully saturated rings. The first kappa shape index (κ1) is 12.2. The van der Waals surface area contributed by atoms with Gasteiger partial charge in [-0.25, -0.2) is 4.39 Å². The van der Waals surface area contributed by atoms with Crippen LogP contribution in [0.1, 0.15) is 29.8 Å². The van der Waals surface area contributed by atoms with E-state index in [0.717, 1.165) is 25.2 Å². The molecule has 1 aromatic heterocycles. The summed E-state index contributed by atoms with van der Waals surface area (Å²) in [6, 6.07) is 2.71. The van der Waals surface area contributed by atoms with E-state index >= 15 is 0 Å². The second-order valence-corrected chi connectivity index (χ2v) is 4.74. The highest BCUT2D eigenvalue weighted by Crippen LogP contribution is 2.29. The van der Waals surface area contributed by atoms with Gasteiger partial charge in [-0.1, -0.05) is 0 Å². The van der Waals surface area contributed by atoms with E-state index < -0.39 is 5.82 Å². The molecule has 2 rings (SSSR count). The molecule has 0 atom stereocenters. The Morgan fingerprint density at radius 1 is 1.53 bits per heavy atom. The number of nitrogens with zero attached hydrogens (tertiary/aromatic N) is 2. The van der Waals surface area contributed by atoms with Crippen LogP contribution in [-0.2, 0) is 0 Å². The molecular formula is C13H17FN2O. The van der Waals surface area contributed by atoms with Gasteiger partial charge in [0.05, 0.1) is 6.20 Å². The Kier molecular flexibility index (Phi) is 3.84. The molecule has 0 radical (unpaired) electrons. The van der Waals surface area contributed by atoms with Crippen LogP contribution in [0.15, 0.2) is 18.3 Å². The number of rotatable bonds is 6. The van der Waals surface area contributed by atoms with Gasteiger partial charge in [0.2, 0.25) is 0 Å². The van der Waals surface area contributed by atoms with Crippen molar-refractivity contribution < 1.29 is 9.18 Å². The quantitative estimate of drug-likeness (QED) is 0.709. The number of Topliss-reactive ketones (excluding diaryl/α,β-unsaturated/α-hetero) is 1. The Balaban J connectivity index is 1.77. The predicted molar refractivity (Wildman–Crippen MR) is 63.4 cm³/mol. The number of pyridine rings is 1. The van der Waals surface area contributed by atoms with Gasteiger partial charge in [-0.3, -0.25) is 9.78 Å². The SMILES string of the molecule is CN(CCC(=O)c1ccc(F)cn1)CC1CC1. The first-order chi connectivity index (χ1) is 8.15. The first-order valence-electron chi connectivity index (χ1n) is 5.98. The lowest BCUT2D eigenvalue weighted by Crippen LogP contribution is -2.24. The number of carbonyl (C=O) groups excluding carboxylic acids is 1. The van der Waals surface area contributed by atoms with E-state index in [1.165, 1.54) is 25.0 Å². The van der Waals surface area contributed by atoms with E-state index in [-0.39, 0.29) is 5.78 Å². The maximum atomic E-state index is 12.6. The summed E-state index contributed by atoms with van der Waals surface area (Å²) < 4.78 is 12.6. The van der Waals surface area contributed by atoms with Crippen LogP contribution in [0.4, 0.5) is 4.39 Å². The summed E-state index contributed by atoms with van der Waals surface area (Å²) in [6.45, 7) is 1.82. The zero-order valence-corrected chi connectivity index (χ0v) is 10.0. The van der Waals surface area contributed by atoms with Crippen LogP contribution in [0.3, 0.4) is 0 Å². The lowest BCUT2D eigenvalue weighted by Gasteiger charge is -2.15. The Labute approximate surface area is 101 Å². The summed E-state index contributed by atoms with van der Waals surface area (Å²) in [5.41, 5.74) is 0.353. The monoisotopic (exact) mass is 236 g/mol. The normalized spacial score (nSPS) is 15.2. The molecule has 17 heavy (non-hydrogen) atoms. The summed E-state index contributed by atoms with van der Waals surface area (Å²) in [5, 5.41) is 0. The zero-order valence-electron chi connectivity index (χ0n) is 10.0. The van der Waals surface area contributed by atoms with Crippen molar-refractivity contribution in [1.82, 2.24) is 9.88 Å². The lowest BCUT2D eigenvalue weighted by molar-refractivity contribution is 0.0963. The maximum absolute atomic E-state index is 12.6. The molecule has 0 N–H and O–H groups in total. The van der Waals surface area contributed by atoms with Gasteiger partial charge in [-0.05, 0) is 37.9 Å². The molecule has 1 heterocycles. The Hall–Kier alpha value is -1.29. The molecular weight excluding hydrogens is 219 g/mol. The number of halogens is 1. The van der Waals surface area contributed by atoms with Crippen LogP contribution in [0.2, 0.25) is 0 Å². The van der Waals surface area contributed by atoms with Crippen molar-refractivity contribution in [2.24, 2.45) is 5.92 Å². The Morgan fingerprint density at radius 2 is 2.29 bits per heavy atom. The average Bonchev–Trinajstić information content (AvgIpc) is 3.11. The van der Waals surface area contributed by atoms with Gasteiger partial charge in [-0.15, -0.1) is 0 Å². The molecule has 92 valence electrons. The average molecular weight is 236 g/mol. The summed E-state index contributed by atoms with van der Waals surface area (Å²) in [6.07, 6.45) is 4.17. The standard InChI is InChI=1S/C13H17FN2O/c1-16(9-10-2-3-10)7-6-13(17)12-5-4-11(14)8-15-12/h4-5,8,10H,2-3,6-7,9H2,1H3. The summed E-state index contributed by atoms with van der Waals surface area (Å²) >= 11 is 0. The third-order valence-electron chi connectivity index (χ3n) is 3.00. The first-order valence-corrected chi connectivity index (χ1v) is 5.98. The van der Waals surface area contributed by atoms with Crippen LogP contribution in [0.5, 0.6) is 0 Å². The van der Waals surface area contributed by atoms with Crippen LogP contribution >= 0.6 is 0 Å². The minimum atomic E-state index is -0.410. The van der Waals surface area contributed by atoms with E-state index in [4.69, 9.17) is 0 Å². The fourth-order valence-electron chi connectivity index (χ4n) is 1.79. The molecule has 0 spiro atoms. The highest BCUT2D eigenvalue weighted by atomic mass is 19.1. The van der Waals surface area contributed by atoms with Gasteiger partial charge in [0.1, 0.15) is 11.5 Å². The van der Waals surface area contributed by atoms with E-state index in [1.54, 1.807) is 0 Å². The van der Waals surface area contributed by atoms with Gasteiger partial charge in [0.15, 0.2) is 5.78 Å². The largest absolute Gasteiger partial charge is 0.306 e. The Morgan fingerprint density at radius 3 is 2.88 bits per heavy atom. The fourth-order valence-corrected chi connectivity index (χ4v) is 1.79. The van der Waals surface area contributed by atoms with Crippen molar-refractivity contribution in [3.05, 3.63) is 29.8 Å². The van der Waals surface area contributed by atoms with Crippen LogP contribution in [0, 0.1) is 11.7 Å². The second kappa shape index (κ2) is 5.36. The van der Waals surface area contributed by atoms with Crippen molar-refractivity contribution in [1.29, 1.82) is 0 Å². The van der Waals surface area contributed by atoms with E-state index in [9.17, 15) is 9.18 Å². The molecule has 0 aliphatic heterocycles. The van der Waals surface area contributed by atoms with Crippen molar-refractivity contribution in [2.75, 3.05) is 20.1 Å². The van der Waals surface area contributed by atoms with Crippen molar-refractivity contribution in [3.63, 3.8) is 0 Å².